The molecular formula is C20H25ClN4O3S. The van der Waals surface area contributed by atoms with Crippen LogP contribution in [0.15, 0.2) is 52.6 Å². The molecule has 9 heteroatoms. The first-order chi connectivity index (χ1) is 13.8. The molecule has 29 heavy (non-hydrogen) atoms. The monoisotopic (exact) mass is 436 g/mol. The van der Waals surface area contributed by atoms with Gasteiger partial charge in [-0.15, -0.1) is 4.40 Å². The van der Waals surface area contributed by atoms with Gasteiger partial charge in [0.2, 0.25) is 0 Å². The van der Waals surface area contributed by atoms with E-state index < -0.39 is 10.0 Å². The lowest BCUT2D eigenvalue weighted by Crippen LogP contribution is -2.40. The van der Waals surface area contributed by atoms with Gasteiger partial charge in [-0.1, -0.05) is 43.6 Å². The van der Waals surface area contributed by atoms with Gasteiger partial charge in [-0.2, -0.15) is 0 Å². The van der Waals surface area contributed by atoms with Gasteiger partial charge in [-0.3, -0.25) is 9.69 Å². The molecule has 0 saturated carbocycles. The predicted octanol–water partition coefficient (Wildman–Crippen LogP) is 2.34. The van der Waals surface area contributed by atoms with Crippen molar-refractivity contribution in [2.24, 2.45) is 4.40 Å². The molecule has 0 aliphatic carbocycles. The van der Waals surface area contributed by atoms with Crippen molar-refractivity contribution in [2.45, 2.75) is 19.9 Å². The Bertz CT molecular complexity index is 968. The summed E-state index contributed by atoms with van der Waals surface area (Å²) in [5.41, 5.74) is 1.43. The van der Waals surface area contributed by atoms with Gasteiger partial charge >= 0.3 is 0 Å². The second-order valence-corrected chi connectivity index (χ2v) is 8.98. The quantitative estimate of drug-likeness (QED) is 0.709. The van der Waals surface area contributed by atoms with E-state index in [4.69, 9.17) is 11.6 Å². The molecule has 2 aliphatic heterocycles. The highest BCUT2D eigenvalue weighted by molar-refractivity contribution is 7.90. The van der Waals surface area contributed by atoms with Crippen molar-refractivity contribution in [1.29, 1.82) is 0 Å². The molecule has 0 bridgehead atoms. The van der Waals surface area contributed by atoms with Gasteiger partial charge in [0.25, 0.3) is 15.9 Å². The number of nitrogens with zero attached hydrogens (tertiary/aromatic N) is 3. The Balaban J connectivity index is 1.74. The van der Waals surface area contributed by atoms with Crippen molar-refractivity contribution in [3.63, 3.8) is 0 Å². The van der Waals surface area contributed by atoms with Crippen LogP contribution in [0.2, 0.25) is 5.02 Å². The smallest absolute Gasteiger partial charge is 0.256 e. The van der Waals surface area contributed by atoms with Gasteiger partial charge in [0.05, 0.1) is 17.4 Å². The molecule has 1 atom stereocenters. The van der Waals surface area contributed by atoms with Gasteiger partial charge in [0, 0.05) is 24.3 Å². The zero-order valence-corrected chi connectivity index (χ0v) is 18.1. The number of likely N-dealkylation sites (N-methyl/N-ethyl adjacent to an activating group) is 1. The van der Waals surface area contributed by atoms with Crippen LogP contribution in [0.1, 0.15) is 25.5 Å². The molecule has 0 radical (unpaired) electrons. The summed E-state index contributed by atoms with van der Waals surface area (Å²) in [7, 11) is -3.42. The largest absolute Gasteiger partial charge is 0.350 e. The summed E-state index contributed by atoms with van der Waals surface area (Å²) < 4.78 is 27.0. The number of sulfonamides is 1. The minimum Gasteiger partial charge on any atom is -0.350 e. The summed E-state index contributed by atoms with van der Waals surface area (Å²) in [5, 5.41) is 3.67. The van der Waals surface area contributed by atoms with Crippen LogP contribution in [0.3, 0.4) is 0 Å². The fourth-order valence-electron chi connectivity index (χ4n) is 3.47. The molecule has 2 heterocycles. The molecule has 1 N–H and O–H groups in total. The van der Waals surface area contributed by atoms with E-state index in [1.54, 1.807) is 23.3 Å². The molecule has 1 aromatic rings. The van der Waals surface area contributed by atoms with Crippen molar-refractivity contribution in [1.82, 2.24) is 15.1 Å². The first-order valence-electron chi connectivity index (χ1n) is 9.60. The number of benzene rings is 1. The number of carbonyl (C=O) groups is 1. The number of carbonyl (C=O) groups excluding carboxylic acids is 1. The molecular weight excluding hydrogens is 412 g/mol. The number of rotatable bonds is 7. The molecule has 0 spiro atoms. The molecule has 1 amide bonds. The molecule has 0 aromatic heterocycles. The summed E-state index contributed by atoms with van der Waals surface area (Å²) in [6.45, 7) is 6.49. The summed E-state index contributed by atoms with van der Waals surface area (Å²) in [6, 6.07) is 7.62. The van der Waals surface area contributed by atoms with Gasteiger partial charge in [0.15, 0.2) is 0 Å². The second kappa shape index (κ2) is 9.11. The lowest BCUT2D eigenvalue weighted by Gasteiger charge is -2.31. The van der Waals surface area contributed by atoms with Gasteiger partial charge in [-0.05, 0) is 36.9 Å². The highest BCUT2D eigenvalue weighted by atomic mass is 35.5. The Morgan fingerprint density at radius 2 is 2.00 bits per heavy atom. The van der Waals surface area contributed by atoms with Crippen LogP contribution in [-0.2, 0) is 14.8 Å². The topological polar surface area (TPSA) is 82.1 Å². The van der Waals surface area contributed by atoms with Crippen molar-refractivity contribution in [3.05, 3.63) is 58.8 Å². The molecule has 0 fully saturated rings. The average molecular weight is 437 g/mol. The SMILES string of the molecule is CCN(CC)C(CNC(=O)C1=CN2CCS(=O)(=O)N=C2C=C1)c1ccccc1Cl. The van der Waals surface area contributed by atoms with Gasteiger partial charge < -0.3 is 10.2 Å². The summed E-state index contributed by atoms with van der Waals surface area (Å²) in [4.78, 5) is 16.7. The van der Waals surface area contributed by atoms with E-state index >= 15 is 0 Å². The zero-order chi connectivity index (χ0) is 21.0. The van der Waals surface area contributed by atoms with Crippen molar-refractivity contribution >= 4 is 33.4 Å². The minimum absolute atomic E-state index is 0.0481. The highest BCUT2D eigenvalue weighted by Gasteiger charge is 2.26. The van der Waals surface area contributed by atoms with Crippen LogP contribution in [-0.4, -0.2) is 61.9 Å². The third-order valence-electron chi connectivity index (χ3n) is 5.06. The van der Waals surface area contributed by atoms with Crippen LogP contribution in [0.5, 0.6) is 0 Å². The Morgan fingerprint density at radius 1 is 1.28 bits per heavy atom. The van der Waals surface area contributed by atoms with E-state index in [0.717, 1.165) is 18.7 Å². The number of hydrogen-bond acceptors (Lipinski definition) is 5. The molecule has 0 saturated heterocycles. The average Bonchev–Trinajstić information content (AvgIpc) is 2.70. The lowest BCUT2D eigenvalue weighted by molar-refractivity contribution is -0.117. The van der Waals surface area contributed by atoms with E-state index in [1.165, 1.54) is 0 Å². The van der Waals surface area contributed by atoms with Crippen molar-refractivity contribution in [2.75, 3.05) is 31.9 Å². The molecule has 1 aromatic carbocycles. The first-order valence-corrected chi connectivity index (χ1v) is 11.6. The van der Waals surface area contributed by atoms with Crippen LogP contribution in [0.25, 0.3) is 0 Å². The first kappa shape index (κ1) is 21.5. The number of amides is 1. The number of nitrogens with one attached hydrogen (secondary N) is 1. The van der Waals surface area contributed by atoms with E-state index in [2.05, 4.69) is 28.5 Å². The third kappa shape index (κ3) is 5.07. The Hall–Kier alpha value is -2.16. The minimum atomic E-state index is -3.42. The molecule has 2 aliphatic rings. The molecule has 7 nitrogen and oxygen atoms in total. The predicted molar refractivity (Wildman–Crippen MR) is 115 cm³/mol. The molecule has 156 valence electrons. The van der Waals surface area contributed by atoms with E-state index in [1.807, 2.05) is 24.3 Å². The van der Waals surface area contributed by atoms with Crippen LogP contribution < -0.4 is 5.32 Å². The third-order valence-corrected chi connectivity index (χ3v) is 6.57. The van der Waals surface area contributed by atoms with Crippen molar-refractivity contribution in [3.8, 4) is 0 Å². The Kier molecular flexibility index (Phi) is 6.77. The van der Waals surface area contributed by atoms with Crippen LogP contribution in [0.4, 0.5) is 0 Å². The molecule has 3 rings (SSSR count). The van der Waals surface area contributed by atoms with Gasteiger partial charge in [-0.25, -0.2) is 8.42 Å². The number of amidine groups is 1. The Morgan fingerprint density at radius 3 is 2.69 bits per heavy atom. The van der Waals surface area contributed by atoms with E-state index in [9.17, 15) is 13.2 Å². The fourth-order valence-corrected chi connectivity index (χ4v) is 4.70. The summed E-state index contributed by atoms with van der Waals surface area (Å²) >= 11 is 6.41. The van der Waals surface area contributed by atoms with Gasteiger partial charge in [0.1, 0.15) is 5.84 Å². The van der Waals surface area contributed by atoms with E-state index in [-0.39, 0.29) is 24.2 Å². The normalized spacial score (nSPS) is 18.7. The van der Waals surface area contributed by atoms with Crippen LogP contribution >= 0.6 is 11.6 Å². The second-order valence-electron chi connectivity index (χ2n) is 6.82. The standard InChI is InChI=1S/C20H25ClN4O3S/c1-3-24(4-2)18(16-7-5-6-8-17(16)21)13-22-20(26)15-9-10-19-23-29(27,28)12-11-25(19)14-15/h5-10,14,18H,3-4,11-13H2,1-2H3,(H,22,26). The zero-order valence-electron chi connectivity index (χ0n) is 16.5. The maximum absolute atomic E-state index is 12.8. The van der Waals surface area contributed by atoms with Crippen LogP contribution in [0, 0.1) is 0 Å². The number of hydrogen-bond donors (Lipinski definition) is 1. The lowest BCUT2D eigenvalue weighted by atomic mass is 10.0. The summed E-state index contributed by atoms with van der Waals surface area (Å²) in [5.74, 6) is 0.0505. The fraction of sp³-hybridized carbons (Fsp3) is 0.400. The maximum Gasteiger partial charge on any atom is 0.256 e. The summed E-state index contributed by atoms with van der Waals surface area (Å²) in [6.07, 6.45) is 4.79. The molecule has 1 unspecified atom stereocenters. The van der Waals surface area contributed by atoms with E-state index in [0.29, 0.717) is 23.0 Å². The Labute approximate surface area is 176 Å². The highest BCUT2D eigenvalue weighted by Crippen LogP contribution is 2.27. The maximum atomic E-state index is 12.8. The van der Waals surface area contributed by atoms with Crippen molar-refractivity contribution < 1.29 is 13.2 Å². The number of halogens is 1. The number of fused-ring (bicyclic) bond motifs is 1.